The van der Waals surface area contributed by atoms with E-state index in [-0.39, 0.29) is 11.0 Å². The molecular formula is C23H22N2O. The van der Waals surface area contributed by atoms with Crippen LogP contribution in [0.2, 0.25) is 0 Å². The first-order valence-corrected chi connectivity index (χ1v) is 9.03. The van der Waals surface area contributed by atoms with Crippen LogP contribution < -0.4 is 5.56 Å². The van der Waals surface area contributed by atoms with E-state index in [0.29, 0.717) is 5.39 Å². The number of hydrogen-bond acceptors (Lipinski definition) is 2. The lowest BCUT2D eigenvalue weighted by atomic mass is 9.85. The molecule has 0 fully saturated rings. The van der Waals surface area contributed by atoms with Crippen LogP contribution in [0.5, 0.6) is 0 Å². The van der Waals surface area contributed by atoms with Crippen molar-refractivity contribution in [1.29, 1.82) is 0 Å². The van der Waals surface area contributed by atoms with E-state index in [4.69, 9.17) is 4.98 Å². The van der Waals surface area contributed by atoms with Crippen molar-refractivity contribution >= 4 is 10.9 Å². The zero-order valence-electron chi connectivity index (χ0n) is 15.5. The number of aryl methyl sites for hydroxylation is 2. The summed E-state index contributed by atoms with van der Waals surface area (Å²) in [4.78, 5) is 17.6. The Balaban J connectivity index is 1.75. The van der Waals surface area contributed by atoms with Crippen LogP contribution in [-0.2, 0) is 13.0 Å². The highest BCUT2D eigenvalue weighted by molar-refractivity contribution is 5.79. The molecule has 0 amide bonds. The number of benzene rings is 2. The van der Waals surface area contributed by atoms with Gasteiger partial charge < -0.3 is 0 Å². The summed E-state index contributed by atoms with van der Waals surface area (Å²) < 4.78 is 1.85. The second-order valence-electron chi connectivity index (χ2n) is 7.93. The lowest BCUT2D eigenvalue weighted by Gasteiger charge is -2.31. The van der Waals surface area contributed by atoms with Gasteiger partial charge in [-0.05, 0) is 49.1 Å². The lowest BCUT2D eigenvalue weighted by molar-refractivity contribution is 0.240. The molecule has 0 spiro atoms. The van der Waals surface area contributed by atoms with E-state index >= 15 is 0 Å². The van der Waals surface area contributed by atoms with Crippen LogP contribution in [0.4, 0.5) is 0 Å². The molecule has 0 atom stereocenters. The Kier molecular flexibility index (Phi) is 3.92. The molecule has 2 heterocycles. The van der Waals surface area contributed by atoms with Crippen molar-refractivity contribution in [1.82, 2.24) is 9.55 Å². The molecule has 2 aromatic carbocycles. The molecule has 3 aromatic rings. The molecule has 0 radical (unpaired) electrons. The van der Waals surface area contributed by atoms with Crippen molar-refractivity contribution in [2.45, 2.75) is 40.2 Å². The number of rotatable bonds is 0. The van der Waals surface area contributed by atoms with Gasteiger partial charge in [0.2, 0.25) is 0 Å². The van der Waals surface area contributed by atoms with Gasteiger partial charge in [0.1, 0.15) is 5.82 Å². The molecule has 4 rings (SSSR count). The summed E-state index contributed by atoms with van der Waals surface area (Å²) >= 11 is 0. The Bertz CT molecular complexity index is 1110. The van der Waals surface area contributed by atoms with E-state index in [1.165, 1.54) is 5.56 Å². The quantitative estimate of drug-likeness (QED) is 0.577. The van der Waals surface area contributed by atoms with Gasteiger partial charge in [-0.15, -0.1) is 0 Å². The summed E-state index contributed by atoms with van der Waals surface area (Å²) in [5.41, 5.74) is 4.04. The molecule has 0 bridgehead atoms. The molecule has 3 heteroatoms. The summed E-state index contributed by atoms with van der Waals surface area (Å²) in [6.07, 6.45) is 1.90. The first-order chi connectivity index (χ1) is 12.4. The van der Waals surface area contributed by atoms with Gasteiger partial charge in [0.05, 0.1) is 10.9 Å². The molecule has 130 valence electrons. The largest absolute Gasteiger partial charge is 0.296 e. The first kappa shape index (κ1) is 16.6. The number of fused-ring (bicyclic) bond motifs is 2. The zero-order valence-corrected chi connectivity index (χ0v) is 15.5. The van der Waals surface area contributed by atoms with Crippen LogP contribution in [0.1, 0.15) is 42.8 Å². The maximum absolute atomic E-state index is 12.9. The molecule has 0 saturated heterocycles. The third-order valence-corrected chi connectivity index (χ3v) is 5.05. The Hall–Kier alpha value is -2.86. The third-order valence-electron chi connectivity index (χ3n) is 5.05. The van der Waals surface area contributed by atoms with Gasteiger partial charge in [-0.3, -0.25) is 9.36 Å². The highest BCUT2D eigenvalue weighted by Gasteiger charge is 2.27. The Morgan fingerprint density at radius 1 is 1.04 bits per heavy atom. The average molecular weight is 342 g/mol. The molecule has 1 aromatic heterocycles. The van der Waals surface area contributed by atoms with Crippen molar-refractivity contribution in [3.63, 3.8) is 0 Å². The van der Waals surface area contributed by atoms with Crippen molar-refractivity contribution < 1.29 is 0 Å². The topological polar surface area (TPSA) is 34.9 Å². The minimum absolute atomic E-state index is 0.0656. The van der Waals surface area contributed by atoms with Crippen LogP contribution in [0.25, 0.3) is 10.9 Å². The molecule has 0 aliphatic carbocycles. The Labute approximate surface area is 153 Å². The van der Waals surface area contributed by atoms with Gasteiger partial charge in [-0.25, -0.2) is 4.98 Å². The van der Waals surface area contributed by atoms with Crippen LogP contribution in [-0.4, -0.2) is 9.55 Å². The van der Waals surface area contributed by atoms with Crippen molar-refractivity contribution in [2.75, 3.05) is 0 Å². The lowest BCUT2D eigenvalue weighted by Crippen LogP contribution is -2.36. The molecule has 0 unspecified atom stereocenters. The van der Waals surface area contributed by atoms with Crippen molar-refractivity contribution in [3.8, 4) is 11.8 Å². The van der Waals surface area contributed by atoms with Gasteiger partial charge in [0.25, 0.3) is 5.56 Å². The molecular weight excluding hydrogens is 320 g/mol. The molecule has 26 heavy (non-hydrogen) atoms. The maximum Gasteiger partial charge on any atom is 0.261 e. The third kappa shape index (κ3) is 3.15. The van der Waals surface area contributed by atoms with E-state index in [0.717, 1.165) is 41.9 Å². The van der Waals surface area contributed by atoms with Gasteiger partial charge in [-0.2, -0.15) is 0 Å². The second kappa shape index (κ2) is 6.14. The summed E-state index contributed by atoms with van der Waals surface area (Å²) in [5, 5.41) is 0.673. The van der Waals surface area contributed by atoms with Crippen LogP contribution in [0.3, 0.4) is 0 Å². The molecule has 0 N–H and O–H groups in total. The minimum Gasteiger partial charge on any atom is -0.296 e. The number of hydrogen-bond donors (Lipinski definition) is 0. The molecule has 1 aliphatic rings. The normalized spacial score (nSPS) is 15.2. The van der Waals surface area contributed by atoms with Crippen molar-refractivity contribution in [2.24, 2.45) is 5.41 Å². The summed E-state index contributed by atoms with van der Waals surface area (Å²) in [6, 6.07) is 13.9. The highest BCUT2D eigenvalue weighted by Crippen LogP contribution is 2.29. The summed E-state index contributed by atoms with van der Waals surface area (Å²) in [5.74, 6) is 7.26. The average Bonchev–Trinajstić information content (AvgIpc) is 2.62. The minimum atomic E-state index is 0.0656. The predicted octanol–water partition coefficient (Wildman–Crippen LogP) is 4.08. The van der Waals surface area contributed by atoms with E-state index in [9.17, 15) is 4.79 Å². The fourth-order valence-electron chi connectivity index (χ4n) is 3.44. The molecule has 3 nitrogen and oxygen atoms in total. The van der Waals surface area contributed by atoms with Crippen LogP contribution in [0, 0.1) is 24.2 Å². The van der Waals surface area contributed by atoms with E-state index in [2.05, 4.69) is 44.7 Å². The van der Waals surface area contributed by atoms with Crippen molar-refractivity contribution in [3.05, 3.63) is 75.3 Å². The Morgan fingerprint density at radius 2 is 1.73 bits per heavy atom. The molecule has 1 aliphatic heterocycles. The maximum atomic E-state index is 12.9. The van der Waals surface area contributed by atoms with Gasteiger partial charge in [0.15, 0.2) is 0 Å². The monoisotopic (exact) mass is 342 g/mol. The Morgan fingerprint density at radius 3 is 2.50 bits per heavy atom. The smallest absolute Gasteiger partial charge is 0.261 e. The van der Waals surface area contributed by atoms with Gasteiger partial charge in [-0.1, -0.05) is 43.4 Å². The van der Waals surface area contributed by atoms with Gasteiger partial charge in [0, 0.05) is 24.1 Å². The number of aromatic nitrogens is 2. The summed E-state index contributed by atoms with van der Waals surface area (Å²) in [6.45, 7) is 7.21. The standard InChI is InChI=1S/C23H22N2O/c1-16-4-6-17(7-5-16)8-9-18-10-11-19-20(14-18)24-21-12-13-23(2,3)15-25(21)22(19)26/h4-7,10-11,14H,12-13,15H2,1-3H3. The van der Waals surface area contributed by atoms with E-state index < -0.39 is 0 Å². The van der Waals surface area contributed by atoms with E-state index in [1.807, 2.05) is 34.9 Å². The molecule has 0 saturated carbocycles. The van der Waals surface area contributed by atoms with Crippen LogP contribution >= 0.6 is 0 Å². The predicted molar refractivity (Wildman–Crippen MR) is 105 cm³/mol. The zero-order chi connectivity index (χ0) is 18.3. The van der Waals surface area contributed by atoms with Gasteiger partial charge >= 0.3 is 0 Å². The highest BCUT2D eigenvalue weighted by atomic mass is 16.1. The van der Waals surface area contributed by atoms with Crippen LogP contribution in [0.15, 0.2) is 47.3 Å². The fraction of sp³-hybridized carbons (Fsp3) is 0.304. The second-order valence-corrected chi connectivity index (χ2v) is 7.93. The SMILES string of the molecule is Cc1ccc(C#Cc2ccc3c(=O)n4c(nc3c2)CCC(C)(C)C4)cc1. The van der Waals surface area contributed by atoms with E-state index in [1.54, 1.807) is 0 Å². The fourth-order valence-corrected chi connectivity index (χ4v) is 3.44. The first-order valence-electron chi connectivity index (χ1n) is 9.03. The number of nitrogens with zero attached hydrogens (tertiary/aromatic N) is 2. The summed E-state index contributed by atoms with van der Waals surface area (Å²) in [7, 11) is 0.